The lowest BCUT2D eigenvalue weighted by molar-refractivity contribution is 0.306. The predicted molar refractivity (Wildman–Crippen MR) is 77.5 cm³/mol. The number of ether oxygens (including phenoxy) is 1. The third kappa shape index (κ3) is 2.72. The Morgan fingerprint density at radius 3 is 2.50 bits per heavy atom. The smallest absolute Gasteiger partial charge is 0.170 e. The fourth-order valence-corrected chi connectivity index (χ4v) is 2.02. The number of rotatable bonds is 4. The Morgan fingerprint density at radius 1 is 1.00 bits per heavy atom. The molecule has 0 radical (unpaired) electrons. The molecule has 0 aliphatic heterocycles. The van der Waals surface area contributed by atoms with Crippen LogP contribution in [-0.2, 0) is 6.61 Å². The van der Waals surface area contributed by atoms with Crippen LogP contribution in [0.15, 0.2) is 65.2 Å². The topological polar surface area (TPSA) is 35.3 Å². The second kappa shape index (κ2) is 5.61. The Labute approximate surface area is 117 Å². The number of aromatic nitrogens is 1. The molecule has 3 rings (SSSR count). The molecule has 2 aromatic carbocycles. The number of hydrogen-bond acceptors (Lipinski definition) is 3. The minimum Gasteiger partial charge on any atom is -0.488 e. The second-order valence-corrected chi connectivity index (χ2v) is 4.60. The molecule has 0 unspecified atom stereocenters. The lowest BCUT2D eigenvalue weighted by atomic mass is 10.1. The first kappa shape index (κ1) is 12.5. The Balaban J connectivity index is 1.83. The maximum atomic E-state index is 5.90. The van der Waals surface area contributed by atoms with Crippen LogP contribution in [0.1, 0.15) is 11.3 Å². The van der Waals surface area contributed by atoms with Gasteiger partial charge in [-0.1, -0.05) is 47.6 Å². The SMILES string of the molecule is Cc1cc(-c2ccccc2OCc2ccccc2)on1. The van der Waals surface area contributed by atoms with Gasteiger partial charge in [0.15, 0.2) is 5.76 Å². The average Bonchev–Trinajstić information content (AvgIpc) is 2.93. The molecule has 0 aliphatic carbocycles. The van der Waals surface area contributed by atoms with Crippen molar-refractivity contribution < 1.29 is 9.26 Å². The van der Waals surface area contributed by atoms with Crippen molar-refractivity contribution in [2.24, 2.45) is 0 Å². The number of benzene rings is 2. The van der Waals surface area contributed by atoms with Crippen LogP contribution < -0.4 is 4.74 Å². The molecule has 100 valence electrons. The van der Waals surface area contributed by atoms with Crippen molar-refractivity contribution in [1.29, 1.82) is 0 Å². The lowest BCUT2D eigenvalue weighted by Crippen LogP contribution is -1.96. The van der Waals surface area contributed by atoms with E-state index in [4.69, 9.17) is 9.26 Å². The maximum Gasteiger partial charge on any atom is 0.170 e. The van der Waals surface area contributed by atoms with Gasteiger partial charge in [0, 0.05) is 6.07 Å². The molecule has 20 heavy (non-hydrogen) atoms. The van der Waals surface area contributed by atoms with Crippen LogP contribution >= 0.6 is 0 Å². The average molecular weight is 265 g/mol. The van der Waals surface area contributed by atoms with Gasteiger partial charge in [0.05, 0.1) is 11.3 Å². The van der Waals surface area contributed by atoms with E-state index in [1.54, 1.807) is 0 Å². The van der Waals surface area contributed by atoms with E-state index in [2.05, 4.69) is 5.16 Å². The molecule has 0 amide bonds. The van der Waals surface area contributed by atoms with Crippen LogP contribution in [0.3, 0.4) is 0 Å². The molecule has 0 atom stereocenters. The fraction of sp³-hybridized carbons (Fsp3) is 0.118. The Bertz CT molecular complexity index is 689. The van der Waals surface area contributed by atoms with Crippen molar-refractivity contribution >= 4 is 0 Å². The summed E-state index contributed by atoms with van der Waals surface area (Å²) in [5, 5.41) is 3.92. The molecule has 0 bridgehead atoms. The van der Waals surface area contributed by atoms with E-state index < -0.39 is 0 Å². The van der Waals surface area contributed by atoms with Crippen LogP contribution in [0, 0.1) is 6.92 Å². The minimum atomic E-state index is 0.533. The minimum absolute atomic E-state index is 0.533. The van der Waals surface area contributed by atoms with E-state index >= 15 is 0 Å². The molecule has 1 heterocycles. The Kier molecular flexibility index (Phi) is 3.50. The van der Waals surface area contributed by atoms with Crippen molar-refractivity contribution in [3.8, 4) is 17.1 Å². The highest BCUT2D eigenvalue weighted by Crippen LogP contribution is 2.30. The highest BCUT2D eigenvalue weighted by atomic mass is 16.5. The molecular weight excluding hydrogens is 250 g/mol. The van der Waals surface area contributed by atoms with E-state index in [0.717, 1.165) is 28.3 Å². The summed E-state index contributed by atoms with van der Waals surface area (Å²) >= 11 is 0. The summed E-state index contributed by atoms with van der Waals surface area (Å²) in [4.78, 5) is 0. The largest absolute Gasteiger partial charge is 0.488 e. The van der Waals surface area contributed by atoms with Gasteiger partial charge in [0.2, 0.25) is 0 Å². The van der Waals surface area contributed by atoms with Crippen molar-refractivity contribution in [3.63, 3.8) is 0 Å². The second-order valence-electron chi connectivity index (χ2n) is 4.60. The molecule has 3 heteroatoms. The molecule has 3 nitrogen and oxygen atoms in total. The Morgan fingerprint density at radius 2 is 1.75 bits per heavy atom. The quantitative estimate of drug-likeness (QED) is 0.708. The number of aryl methyl sites for hydroxylation is 1. The lowest BCUT2D eigenvalue weighted by Gasteiger charge is -2.09. The predicted octanol–water partition coefficient (Wildman–Crippen LogP) is 4.23. The molecule has 0 aliphatic rings. The fourth-order valence-electron chi connectivity index (χ4n) is 2.02. The summed E-state index contributed by atoms with van der Waals surface area (Å²) in [6.07, 6.45) is 0. The molecular formula is C17H15NO2. The summed E-state index contributed by atoms with van der Waals surface area (Å²) in [6.45, 7) is 2.44. The van der Waals surface area contributed by atoms with Crippen LogP contribution in [0.5, 0.6) is 5.75 Å². The summed E-state index contributed by atoms with van der Waals surface area (Å²) in [5.74, 6) is 1.53. The van der Waals surface area contributed by atoms with E-state index in [0.29, 0.717) is 6.61 Å². The Hall–Kier alpha value is -2.55. The first-order valence-electron chi connectivity index (χ1n) is 6.52. The zero-order valence-electron chi connectivity index (χ0n) is 11.2. The third-order valence-electron chi connectivity index (χ3n) is 3.02. The van der Waals surface area contributed by atoms with Gasteiger partial charge in [-0.3, -0.25) is 0 Å². The number of para-hydroxylation sites is 1. The summed E-state index contributed by atoms with van der Waals surface area (Å²) in [7, 11) is 0. The highest BCUT2D eigenvalue weighted by molar-refractivity contribution is 5.65. The standard InChI is InChI=1S/C17H15NO2/c1-13-11-17(20-18-13)15-9-5-6-10-16(15)19-12-14-7-3-2-4-8-14/h2-11H,12H2,1H3. The van der Waals surface area contributed by atoms with Gasteiger partial charge in [-0.25, -0.2) is 0 Å². The first-order valence-corrected chi connectivity index (χ1v) is 6.52. The van der Waals surface area contributed by atoms with Crippen molar-refractivity contribution in [2.75, 3.05) is 0 Å². The molecule has 0 fully saturated rings. The first-order chi connectivity index (χ1) is 9.83. The van der Waals surface area contributed by atoms with Gasteiger partial charge in [-0.05, 0) is 24.6 Å². The van der Waals surface area contributed by atoms with Crippen molar-refractivity contribution in [2.45, 2.75) is 13.5 Å². The van der Waals surface area contributed by atoms with Crippen molar-refractivity contribution in [3.05, 3.63) is 71.9 Å². The van der Waals surface area contributed by atoms with Gasteiger partial charge in [-0.15, -0.1) is 0 Å². The van der Waals surface area contributed by atoms with E-state index in [-0.39, 0.29) is 0 Å². The summed E-state index contributed by atoms with van der Waals surface area (Å²) < 4.78 is 11.2. The van der Waals surface area contributed by atoms with Crippen LogP contribution in [0.25, 0.3) is 11.3 Å². The molecule has 0 spiro atoms. The molecule has 0 N–H and O–H groups in total. The van der Waals surface area contributed by atoms with E-state index in [1.807, 2.05) is 67.6 Å². The van der Waals surface area contributed by atoms with Crippen LogP contribution in [0.2, 0.25) is 0 Å². The normalized spacial score (nSPS) is 10.4. The third-order valence-corrected chi connectivity index (χ3v) is 3.02. The van der Waals surface area contributed by atoms with E-state index in [1.165, 1.54) is 0 Å². The van der Waals surface area contributed by atoms with Gasteiger partial charge >= 0.3 is 0 Å². The highest BCUT2D eigenvalue weighted by Gasteiger charge is 2.10. The van der Waals surface area contributed by atoms with Gasteiger partial charge in [0.1, 0.15) is 12.4 Å². The zero-order chi connectivity index (χ0) is 13.8. The zero-order valence-corrected chi connectivity index (χ0v) is 11.2. The van der Waals surface area contributed by atoms with Crippen molar-refractivity contribution in [1.82, 2.24) is 5.16 Å². The molecule has 0 saturated heterocycles. The monoisotopic (exact) mass is 265 g/mol. The van der Waals surface area contributed by atoms with E-state index in [9.17, 15) is 0 Å². The summed E-state index contributed by atoms with van der Waals surface area (Å²) in [6, 6.07) is 19.8. The number of hydrogen-bond donors (Lipinski definition) is 0. The van der Waals surface area contributed by atoms with Crippen LogP contribution in [-0.4, -0.2) is 5.16 Å². The molecule has 1 aromatic heterocycles. The van der Waals surface area contributed by atoms with Gasteiger partial charge in [-0.2, -0.15) is 0 Å². The maximum absolute atomic E-state index is 5.90. The van der Waals surface area contributed by atoms with Crippen LogP contribution in [0.4, 0.5) is 0 Å². The summed E-state index contributed by atoms with van der Waals surface area (Å²) in [5.41, 5.74) is 2.91. The van der Waals surface area contributed by atoms with Gasteiger partial charge in [0.25, 0.3) is 0 Å². The molecule has 0 saturated carbocycles. The van der Waals surface area contributed by atoms with Gasteiger partial charge < -0.3 is 9.26 Å². The number of nitrogens with zero attached hydrogens (tertiary/aromatic N) is 1. The molecule has 3 aromatic rings.